The highest BCUT2D eigenvalue weighted by Gasteiger charge is 2.22. The normalized spacial score (nSPS) is 21.9. The third-order valence-corrected chi connectivity index (χ3v) is 5.46. The second kappa shape index (κ2) is 8.75. The molecule has 1 saturated heterocycles. The van der Waals surface area contributed by atoms with E-state index in [2.05, 4.69) is 14.4 Å². The molecule has 7 nitrogen and oxygen atoms in total. The number of rotatable bonds is 7. The van der Waals surface area contributed by atoms with Gasteiger partial charge in [0.2, 0.25) is 10.0 Å². The van der Waals surface area contributed by atoms with Crippen molar-refractivity contribution in [3.8, 4) is 0 Å². The van der Waals surface area contributed by atoms with Gasteiger partial charge in [0.05, 0.1) is 29.8 Å². The van der Waals surface area contributed by atoms with E-state index in [0.29, 0.717) is 13.0 Å². The number of ether oxygens (including phenoxy) is 2. The van der Waals surface area contributed by atoms with Gasteiger partial charge >= 0.3 is 5.97 Å². The molecule has 1 fully saturated rings. The average molecular weight is 370 g/mol. The fraction of sp³-hybridized carbons (Fsp3) is 0.588. The third kappa shape index (κ3) is 5.78. The standard InChI is InChI=1S/C17H26N2O5S/c1-13-11-19(12-14(2)24-13)9-5-8-18-25(21,22)16-7-4-6-15(10-16)17(20)23-3/h4,6-7,10,13-14,18H,5,8-9,11-12H2,1-3H3. The summed E-state index contributed by atoms with van der Waals surface area (Å²) < 4.78 is 37.6. The minimum Gasteiger partial charge on any atom is -0.465 e. The smallest absolute Gasteiger partial charge is 0.337 e. The van der Waals surface area contributed by atoms with Crippen molar-refractivity contribution in [3.63, 3.8) is 0 Å². The van der Waals surface area contributed by atoms with Gasteiger partial charge < -0.3 is 9.47 Å². The SMILES string of the molecule is COC(=O)c1cccc(S(=O)(=O)NCCCN2CC(C)OC(C)C2)c1. The summed E-state index contributed by atoms with van der Waals surface area (Å²) in [7, 11) is -2.39. The molecule has 2 unspecified atom stereocenters. The minimum atomic E-state index is -3.65. The molecule has 2 rings (SSSR count). The molecule has 25 heavy (non-hydrogen) atoms. The van der Waals surface area contributed by atoms with Crippen LogP contribution < -0.4 is 4.72 Å². The number of morpholine rings is 1. The van der Waals surface area contributed by atoms with Crippen LogP contribution >= 0.6 is 0 Å². The van der Waals surface area contributed by atoms with Crippen LogP contribution in [0, 0.1) is 0 Å². The molecular formula is C17H26N2O5S. The van der Waals surface area contributed by atoms with Gasteiger partial charge in [-0.15, -0.1) is 0 Å². The van der Waals surface area contributed by atoms with Gasteiger partial charge in [0.25, 0.3) is 0 Å². The van der Waals surface area contributed by atoms with E-state index in [0.717, 1.165) is 19.6 Å². The van der Waals surface area contributed by atoms with Gasteiger partial charge in [-0.05, 0) is 45.0 Å². The predicted octanol–water partition coefficient (Wildman–Crippen LogP) is 1.25. The van der Waals surface area contributed by atoms with Crippen LogP contribution in [0.5, 0.6) is 0 Å². The van der Waals surface area contributed by atoms with E-state index >= 15 is 0 Å². The summed E-state index contributed by atoms with van der Waals surface area (Å²) in [5.41, 5.74) is 0.210. The minimum absolute atomic E-state index is 0.0593. The highest BCUT2D eigenvalue weighted by Crippen LogP contribution is 2.13. The lowest BCUT2D eigenvalue weighted by molar-refractivity contribution is -0.0679. The first-order valence-electron chi connectivity index (χ1n) is 8.37. The van der Waals surface area contributed by atoms with E-state index in [1.165, 1.54) is 31.4 Å². The topological polar surface area (TPSA) is 84.9 Å². The summed E-state index contributed by atoms with van der Waals surface area (Å²) >= 11 is 0. The largest absolute Gasteiger partial charge is 0.465 e. The Kier molecular flexibility index (Phi) is 6.95. The van der Waals surface area contributed by atoms with Gasteiger partial charge in [0.1, 0.15) is 0 Å². The lowest BCUT2D eigenvalue weighted by Crippen LogP contribution is -2.46. The molecule has 1 aromatic carbocycles. The lowest BCUT2D eigenvalue weighted by atomic mass is 10.2. The Morgan fingerprint density at radius 1 is 1.32 bits per heavy atom. The number of hydrogen-bond acceptors (Lipinski definition) is 6. The molecule has 1 aliphatic heterocycles. The Morgan fingerprint density at radius 3 is 2.64 bits per heavy atom. The van der Waals surface area contributed by atoms with Gasteiger partial charge in [-0.2, -0.15) is 0 Å². The fourth-order valence-corrected chi connectivity index (χ4v) is 4.09. The highest BCUT2D eigenvalue weighted by molar-refractivity contribution is 7.89. The van der Waals surface area contributed by atoms with Gasteiger partial charge in [-0.25, -0.2) is 17.9 Å². The fourth-order valence-electron chi connectivity index (χ4n) is 2.97. The van der Waals surface area contributed by atoms with Crippen molar-refractivity contribution >= 4 is 16.0 Å². The second-order valence-electron chi connectivity index (χ2n) is 6.29. The molecule has 8 heteroatoms. The Hall–Kier alpha value is -1.48. The molecule has 0 bridgehead atoms. The molecule has 0 radical (unpaired) electrons. The van der Waals surface area contributed by atoms with Gasteiger partial charge in [0, 0.05) is 19.6 Å². The predicted molar refractivity (Wildman–Crippen MR) is 94.0 cm³/mol. The molecule has 0 aliphatic carbocycles. The first-order valence-corrected chi connectivity index (χ1v) is 9.86. The maximum Gasteiger partial charge on any atom is 0.337 e. The first-order chi connectivity index (χ1) is 11.8. The van der Waals surface area contributed by atoms with Crippen LogP contribution in [-0.2, 0) is 19.5 Å². The van der Waals surface area contributed by atoms with E-state index in [1.807, 2.05) is 13.8 Å². The van der Waals surface area contributed by atoms with Gasteiger partial charge in [-0.1, -0.05) is 6.07 Å². The Balaban J connectivity index is 1.86. The van der Waals surface area contributed by atoms with Crippen LogP contribution in [0.3, 0.4) is 0 Å². The number of hydrogen-bond donors (Lipinski definition) is 1. The number of benzene rings is 1. The molecular weight excluding hydrogens is 344 g/mol. The summed E-state index contributed by atoms with van der Waals surface area (Å²) in [6, 6.07) is 5.82. The van der Waals surface area contributed by atoms with Crippen LogP contribution in [0.15, 0.2) is 29.2 Å². The molecule has 1 heterocycles. The zero-order chi connectivity index (χ0) is 18.4. The summed E-state index contributed by atoms with van der Waals surface area (Å²) in [5.74, 6) is -0.562. The number of carbonyl (C=O) groups excluding carboxylic acids is 1. The lowest BCUT2D eigenvalue weighted by Gasteiger charge is -2.35. The quantitative estimate of drug-likeness (QED) is 0.574. The molecule has 1 aliphatic rings. The number of carbonyl (C=O) groups is 1. The molecule has 2 atom stereocenters. The number of nitrogens with one attached hydrogen (secondary N) is 1. The third-order valence-electron chi connectivity index (χ3n) is 4.00. The zero-order valence-electron chi connectivity index (χ0n) is 14.9. The first kappa shape index (κ1) is 19.8. The van der Waals surface area contributed by atoms with Crippen molar-refractivity contribution in [1.82, 2.24) is 9.62 Å². The van der Waals surface area contributed by atoms with Crippen LogP contribution in [0.2, 0.25) is 0 Å². The summed E-state index contributed by atoms with van der Waals surface area (Å²) in [6.45, 7) is 6.95. The van der Waals surface area contributed by atoms with Crippen molar-refractivity contribution in [3.05, 3.63) is 29.8 Å². The van der Waals surface area contributed by atoms with Gasteiger partial charge in [-0.3, -0.25) is 4.90 Å². The van der Waals surface area contributed by atoms with Crippen molar-refractivity contribution in [2.24, 2.45) is 0 Å². The van der Waals surface area contributed by atoms with E-state index in [-0.39, 0.29) is 22.7 Å². The van der Waals surface area contributed by atoms with Crippen molar-refractivity contribution in [2.45, 2.75) is 37.4 Å². The maximum absolute atomic E-state index is 12.4. The van der Waals surface area contributed by atoms with Crippen LogP contribution in [-0.4, -0.2) is 64.8 Å². The van der Waals surface area contributed by atoms with Crippen molar-refractivity contribution < 1.29 is 22.7 Å². The highest BCUT2D eigenvalue weighted by atomic mass is 32.2. The Morgan fingerprint density at radius 2 is 2.00 bits per heavy atom. The van der Waals surface area contributed by atoms with E-state index in [4.69, 9.17) is 4.74 Å². The summed E-state index contributed by atoms with van der Waals surface area (Å²) in [5, 5.41) is 0. The van der Waals surface area contributed by atoms with Crippen LogP contribution in [0.1, 0.15) is 30.6 Å². The van der Waals surface area contributed by atoms with Gasteiger partial charge in [0.15, 0.2) is 0 Å². The maximum atomic E-state index is 12.4. The van der Waals surface area contributed by atoms with E-state index < -0.39 is 16.0 Å². The molecule has 1 aromatic rings. The number of esters is 1. The van der Waals surface area contributed by atoms with Crippen molar-refractivity contribution in [1.29, 1.82) is 0 Å². The molecule has 0 saturated carbocycles. The molecule has 0 amide bonds. The Labute approximate surface area is 149 Å². The summed E-state index contributed by atoms with van der Waals surface area (Å²) in [4.78, 5) is 13.9. The summed E-state index contributed by atoms with van der Waals surface area (Å²) in [6.07, 6.45) is 1.10. The number of nitrogens with zero attached hydrogens (tertiary/aromatic N) is 1. The number of sulfonamides is 1. The monoisotopic (exact) mass is 370 g/mol. The Bertz CT molecular complexity index is 682. The second-order valence-corrected chi connectivity index (χ2v) is 8.05. The number of methoxy groups -OCH3 is 1. The van der Waals surface area contributed by atoms with Crippen LogP contribution in [0.4, 0.5) is 0 Å². The van der Waals surface area contributed by atoms with E-state index in [9.17, 15) is 13.2 Å². The van der Waals surface area contributed by atoms with Crippen LogP contribution in [0.25, 0.3) is 0 Å². The average Bonchev–Trinajstić information content (AvgIpc) is 2.57. The molecule has 140 valence electrons. The zero-order valence-corrected chi connectivity index (χ0v) is 15.7. The molecule has 0 aromatic heterocycles. The van der Waals surface area contributed by atoms with E-state index in [1.54, 1.807) is 0 Å². The molecule has 1 N–H and O–H groups in total. The molecule has 0 spiro atoms. The van der Waals surface area contributed by atoms with Crippen molar-refractivity contribution in [2.75, 3.05) is 33.3 Å².